The number of ether oxygens (including phenoxy) is 2. The van der Waals surface area contributed by atoms with Gasteiger partial charge in [0.25, 0.3) is 0 Å². The summed E-state index contributed by atoms with van der Waals surface area (Å²) in [5.74, 6) is -1.77. The van der Waals surface area contributed by atoms with E-state index in [1.54, 1.807) is 19.9 Å². The zero-order valence-corrected chi connectivity index (χ0v) is 17.5. The molecule has 0 amide bonds. The predicted octanol–water partition coefficient (Wildman–Crippen LogP) is 4.53. The lowest BCUT2D eigenvalue weighted by Crippen LogP contribution is -2.32. The molecule has 0 bridgehead atoms. The fourth-order valence-electron chi connectivity index (χ4n) is 3.55. The molecule has 1 aliphatic heterocycles. The fraction of sp³-hybridized carbons (Fsp3) is 0.217. The van der Waals surface area contributed by atoms with Crippen LogP contribution in [0.3, 0.4) is 0 Å². The molecule has 0 aliphatic carbocycles. The van der Waals surface area contributed by atoms with Crippen molar-refractivity contribution < 1.29 is 19.1 Å². The van der Waals surface area contributed by atoms with E-state index in [1.807, 2.05) is 42.5 Å². The normalized spacial score (nSPS) is 15.4. The molecule has 0 aromatic heterocycles. The molecule has 150 valence electrons. The second kappa shape index (κ2) is 8.53. The highest BCUT2D eigenvalue weighted by atomic mass is 35.5. The Morgan fingerprint density at radius 1 is 0.931 bits per heavy atom. The number of hydrogen-bond donors (Lipinski definition) is 1. The van der Waals surface area contributed by atoms with E-state index >= 15 is 0 Å². The van der Waals surface area contributed by atoms with Crippen LogP contribution in [-0.2, 0) is 19.1 Å². The van der Waals surface area contributed by atoms with Crippen molar-refractivity contribution in [3.63, 3.8) is 0 Å². The van der Waals surface area contributed by atoms with Crippen LogP contribution >= 0.6 is 11.6 Å². The predicted molar refractivity (Wildman–Crippen MR) is 114 cm³/mol. The van der Waals surface area contributed by atoms with E-state index in [4.69, 9.17) is 21.1 Å². The number of rotatable bonds is 4. The number of halogens is 1. The zero-order valence-electron chi connectivity index (χ0n) is 16.7. The fourth-order valence-corrected chi connectivity index (χ4v) is 3.80. The van der Waals surface area contributed by atoms with Gasteiger partial charge in [0.15, 0.2) is 0 Å². The van der Waals surface area contributed by atoms with Gasteiger partial charge < -0.3 is 14.8 Å². The Hall–Kier alpha value is -3.05. The molecule has 2 aromatic rings. The van der Waals surface area contributed by atoms with Gasteiger partial charge in [-0.05, 0) is 36.2 Å². The van der Waals surface area contributed by atoms with Gasteiger partial charge in [-0.2, -0.15) is 0 Å². The number of esters is 2. The van der Waals surface area contributed by atoms with Gasteiger partial charge in [0.1, 0.15) is 0 Å². The van der Waals surface area contributed by atoms with E-state index in [9.17, 15) is 9.59 Å². The second-order valence-electron chi connectivity index (χ2n) is 6.74. The highest BCUT2D eigenvalue weighted by Gasteiger charge is 2.35. The van der Waals surface area contributed by atoms with Gasteiger partial charge in [-0.25, -0.2) is 9.59 Å². The quantitative estimate of drug-likeness (QED) is 0.748. The lowest BCUT2D eigenvalue weighted by Gasteiger charge is -2.28. The number of dihydropyridines is 1. The van der Waals surface area contributed by atoms with Crippen molar-refractivity contribution in [2.75, 3.05) is 14.2 Å². The summed E-state index contributed by atoms with van der Waals surface area (Å²) in [4.78, 5) is 25.0. The van der Waals surface area contributed by atoms with Crippen molar-refractivity contribution in [2.45, 2.75) is 13.8 Å². The van der Waals surface area contributed by atoms with E-state index in [-0.39, 0.29) is 0 Å². The zero-order chi connectivity index (χ0) is 21.1. The summed E-state index contributed by atoms with van der Waals surface area (Å²) in [6.45, 7) is 3.52. The minimum Gasteiger partial charge on any atom is -0.466 e. The minimum atomic E-state index is -0.699. The summed E-state index contributed by atoms with van der Waals surface area (Å²) in [6.07, 6.45) is 1.69. The molecule has 1 aliphatic rings. The maximum Gasteiger partial charge on any atom is 0.336 e. The van der Waals surface area contributed by atoms with E-state index in [0.29, 0.717) is 27.6 Å². The summed E-state index contributed by atoms with van der Waals surface area (Å²) >= 11 is 6.65. The monoisotopic (exact) mass is 411 g/mol. The van der Waals surface area contributed by atoms with Crippen molar-refractivity contribution in [3.8, 4) is 0 Å². The first kappa shape index (κ1) is 20.7. The molecule has 0 unspecified atom stereocenters. The topological polar surface area (TPSA) is 64.6 Å². The average Bonchev–Trinajstić information content (AvgIpc) is 2.72. The van der Waals surface area contributed by atoms with Crippen LogP contribution < -0.4 is 5.32 Å². The summed E-state index contributed by atoms with van der Waals surface area (Å²) in [5, 5.41) is 5.62. The molecule has 0 fully saturated rings. The lowest BCUT2D eigenvalue weighted by molar-refractivity contribution is -0.137. The molecule has 6 heteroatoms. The van der Waals surface area contributed by atoms with Gasteiger partial charge in [-0.1, -0.05) is 54.1 Å². The third-order valence-electron chi connectivity index (χ3n) is 4.95. The number of methoxy groups -OCH3 is 2. The number of carbonyl (C=O) groups excluding carboxylic acids is 2. The molecular formula is C23H22ClNO4. The largest absolute Gasteiger partial charge is 0.466 e. The van der Waals surface area contributed by atoms with Crippen LogP contribution in [0.15, 0.2) is 71.1 Å². The molecule has 1 heterocycles. The molecule has 0 saturated heterocycles. The van der Waals surface area contributed by atoms with E-state index < -0.39 is 17.9 Å². The van der Waals surface area contributed by atoms with E-state index in [2.05, 4.69) is 5.32 Å². The highest BCUT2D eigenvalue weighted by molar-refractivity contribution is 6.49. The molecule has 0 spiro atoms. The van der Waals surface area contributed by atoms with Gasteiger partial charge in [0.2, 0.25) is 0 Å². The summed E-state index contributed by atoms with van der Waals surface area (Å²) in [5.41, 5.74) is 2.62. The van der Waals surface area contributed by atoms with Gasteiger partial charge in [0.05, 0.1) is 25.4 Å². The number of allylic oxidation sites excluding steroid dienone is 3. The van der Waals surface area contributed by atoms with Gasteiger partial charge >= 0.3 is 11.9 Å². The van der Waals surface area contributed by atoms with Gasteiger partial charge in [-0.3, -0.25) is 0 Å². The minimum absolute atomic E-state index is 0.317. The van der Waals surface area contributed by atoms with Crippen LogP contribution in [0, 0.1) is 5.92 Å². The SMILES string of the molecule is COC(=O)C1=C(C)NC(C)=C(C(=O)OC)C1/C=C(\Cl)c1ccc2ccccc2c1. The second-order valence-corrected chi connectivity index (χ2v) is 7.15. The van der Waals surface area contributed by atoms with Crippen LogP contribution in [0.2, 0.25) is 0 Å². The number of carbonyl (C=O) groups is 2. The molecular weight excluding hydrogens is 390 g/mol. The van der Waals surface area contributed by atoms with Crippen LogP contribution in [0.4, 0.5) is 0 Å². The maximum absolute atomic E-state index is 12.5. The third-order valence-corrected chi connectivity index (χ3v) is 5.30. The molecule has 0 radical (unpaired) electrons. The van der Waals surface area contributed by atoms with Crippen molar-refractivity contribution in [1.82, 2.24) is 5.32 Å². The van der Waals surface area contributed by atoms with Crippen molar-refractivity contribution in [2.24, 2.45) is 5.92 Å². The maximum atomic E-state index is 12.5. The molecule has 3 rings (SSSR count). The third kappa shape index (κ3) is 4.05. The Bertz CT molecular complexity index is 1040. The Labute approximate surface area is 174 Å². The molecule has 29 heavy (non-hydrogen) atoms. The molecule has 5 nitrogen and oxygen atoms in total. The Morgan fingerprint density at radius 3 is 2.03 bits per heavy atom. The van der Waals surface area contributed by atoms with Crippen LogP contribution in [0.5, 0.6) is 0 Å². The van der Waals surface area contributed by atoms with Crippen molar-refractivity contribution in [3.05, 3.63) is 76.6 Å². The standard InChI is InChI=1S/C23H22ClNO4/c1-13-20(22(26)28-3)18(21(14(2)25-13)23(27)29-4)12-19(24)17-10-9-15-7-5-6-8-16(15)11-17/h5-12,18,25H,1-4H3/b19-12-. The van der Waals surface area contributed by atoms with E-state index in [1.165, 1.54) is 14.2 Å². The first-order chi connectivity index (χ1) is 13.9. The van der Waals surface area contributed by atoms with E-state index in [0.717, 1.165) is 16.3 Å². The van der Waals surface area contributed by atoms with Crippen LogP contribution in [-0.4, -0.2) is 26.2 Å². The Morgan fingerprint density at radius 2 is 1.48 bits per heavy atom. The molecule has 0 saturated carbocycles. The number of benzene rings is 2. The Balaban J connectivity index is 2.13. The molecule has 0 atom stereocenters. The summed E-state index contributed by atoms with van der Waals surface area (Å²) in [6, 6.07) is 13.8. The first-order valence-corrected chi connectivity index (χ1v) is 9.46. The number of fused-ring (bicyclic) bond motifs is 1. The lowest BCUT2D eigenvalue weighted by atomic mass is 9.84. The van der Waals surface area contributed by atoms with Crippen molar-refractivity contribution >= 4 is 39.3 Å². The molecule has 2 aromatic carbocycles. The van der Waals surface area contributed by atoms with Crippen LogP contribution in [0.25, 0.3) is 15.8 Å². The number of nitrogens with one attached hydrogen (secondary N) is 1. The van der Waals surface area contributed by atoms with Crippen molar-refractivity contribution in [1.29, 1.82) is 0 Å². The summed E-state index contributed by atoms with van der Waals surface area (Å²) < 4.78 is 9.90. The molecule has 1 N–H and O–H groups in total. The summed E-state index contributed by atoms with van der Waals surface area (Å²) in [7, 11) is 2.61. The smallest absolute Gasteiger partial charge is 0.336 e. The first-order valence-electron chi connectivity index (χ1n) is 9.09. The van der Waals surface area contributed by atoms with Crippen LogP contribution in [0.1, 0.15) is 19.4 Å². The number of hydrogen-bond acceptors (Lipinski definition) is 5. The Kier molecular flexibility index (Phi) is 6.09. The van der Waals surface area contributed by atoms with Gasteiger partial charge in [-0.15, -0.1) is 0 Å². The average molecular weight is 412 g/mol. The van der Waals surface area contributed by atoms with Gasteiger partial charge in [0, 0.05) is 22.3 Å². The highest BCUT2D eigenvalue weighted by Crippen LogP contribution is 2.35.